The van der Waals surface area contributed by atoms with Gasteiger partial charge in [0.15, 0.2) is 0 Å². The molecule has 0 radical (unpaired) electrons. The van der Waals surface area contributed by atoms with Gasteiger partial charge in [-0.1, -0.05) is 19.9 Å². The third-order valence-corrected chi connectivity index (χ3v) is 3.80. The van der Waals surface area contributed by atoms with Gasteiger partial charge in [-0.25, -0.2) is 4.98 Å². The van der Waals surface area contributed by atoms with Crippen molar-refractivity contribution < 1.29 is 14.3 Å². The Labute approximate surface area is 154 Å². The number of pyridine rings is 1. The molecule has 6 nitrogen and oxygen atoms in total. The van der Waals surface area contributed by atoms with Crippen LogP contribution in [0.1, 0.15) is 36.8 Å². The van der Waals surface area contributed by atoms with Gasteiger partial charge in [0, 0.05) is 11.3 Å². The first-order chi connectivity index (χ1) is 12.4. The van der Waals surface area contributed by atoms with E-state index >= 15 is 0 Å². The molecular formula is C20H25N3O3. The van der Waals surface area contributed by atoms with Gasteiger partial charge in [0.2, 0.25) is 5.91 Å². The number of carbonyl (C=O) groups excluding carboxylic acids is 2. The number of hydrogen-bond acceptors (Lipinski definition) is 4. The number of rotatable bonds is 7. The summed E-state index contributed by atoms with van der Waals surface area (Å²) in [5.74, 6) is 0.492. The molecule has 2 aromatic rings. The zero-order valence-corrected chi connectivity index (χ0v) is 15.6. The molecular weight excluding hydrogens is 330 g/mol. The molecule has 0 aliphatic heterocycles. The van der Waals surface area contributed by atoms with Crippen LogP contribution in [-0.2, 0) is 4.79 Å². The molecule has 0 fully saturated rings. The second-order valence-corrected chi connectivity index (χ2v) is 6.31. The van der Waals surface area contributed by atoms with Crippen LogP contribution >= 0.6 is 0 Å². The Morgan fingerprint density at radius 2 is 1.81 bits per heavy atom. The number of amides is 2. The van der Waals surface area contributed by atoms with E-state index in [-0.39, 0.29) is 17.7 Å². The minimum Gasteiger partial charge on any atom is -0.494 e. The average Bonchev–Trinajstić information content (AvgIpc) is 2.60. The molecule has 2 amide bonds. The molecule has 6 heteroatoms. The van der Waals surface area contributed by atoms with Crippen LogP contribution < -0.4 is 15.4 Å². The minimum absolute atomic E-state index is 0.0774. The van der Waals surface area contributed by atoms with Gasteiger partial charge in [0.25, 0.3) is 5.91 Å². The quantitative estimate of drug-likeness (QED) is 0.799. The fraction of sp³-hybridized carbons (Fsp3) is 0.350. The molecule has 0 bridgehead atoms. The highest BCUT2D eigenvalue weighted by Crippen LogP contribution is 2.13. The van der Waals surface area contributed by atoms with Crippen molar-refractivity contribution in [3.63, 3.8) is 0 Å². The Morgan fingerprint density at radius 3 is 2.38 bits per heavy atom. The Balaban J connectivity index is 2.06. The van der Waals surface area contributed by atoms with Crippen LogP contribution in [0.5, 0.6) is 5.75 Å². The van der Waals surface area contributed by atoms with Crippen LogP contribution in [-0.4, -0.2) is 29.4 Å². The smallest absolute Gasteiger partial charge is 0.251 e. The SMILES string of the molecule is CCOc1ccc(C(=O)N[C@H](C(=O)Nc2cccc(C)n2)C(C)C)cc1. The van der Waals surface area contributed by atoms with Crippen LogP contribution in [0.15, 0.2) is 42.5 Å². The number of ether oxygens (including phenoxy) is 1. The van der Waals surface area contributed by atoms with Crippen molar-refractivity contribution in [3.8, 4) is 5.75 Å². The Hall–Kier alpha value is -2.89. The maximum absolute atomic E-state index is 12.6. The zero-order chi connectivity index (χ0) is 19.1. The lowest BCUT2D eigenvalue weighted by atomic mass is 10.0. The molecule has 1 aromatic heterocycles. The number of benzene rings is 1. The van der Waals surface area contributed by atoms with Gasteiger partial charge < -0.3 is 15.4 Å². The summed E-state index contributed by atoms with van der Waals surface area (Å²) in [5, 5.41) is 5.56. The zero-order valence-electron chi connectivity index (χ0n) is 15.6. The third-order valence-electron chi connectivity index (χ3n) is 3.80. The lowest BCUT2D eigenvalue weighted by Crippen LogP contribution is -2.47. The summed E-state index contributed by atoms with van der Waals surface area (Å²) in [6, 6.07) is 11.5. The van der Waals surface area contributed by atoms with Crippen LogP contribution in [0.3, 0.4) is 0 Å². The maximum atomic E-state index is 12.6. The molecule has 0 saturated heterocycles. The van der Waals surface area contributed by atoms with E-state index in [1.54, 1.807) is 30.3 Å². The third kappa shape index (κ3) is 5.31. The summed E-state index contributed by atoms with van der Waals surface area (Å²) in [5.41, 5.74) is 1.28. The van der Waals surface area contributed by atoms with Gasteiger partial charge >= 0.3 is 0 Å². The van der Waals surface area contributed by atoms with E-state index in [0.29, 0.717) is 23.7 Å². The number of aryl methyl sites for hydroxylation is 1. The highest BCUT2D eigenvalue weighted by atomic mass is 16.5. The van der Waals surface area contributed by atoms with Crippen LogP contribution in [0.4, 0.5) is 5.82 Å². The van der Waals surface area contributed by atoms with Crippen molar-refractivity contribution in [2.75, 3.05) is 11.9 Å². The van der Waals surface area contributed by atoms with E-state index in [1.807, 2.05) is 39.8 Å². The standard InChI is InChI=1S/C20H25N3O3/c1-5-26-16-11-9-15(10-12-16)19(24)23-18(13(2)3)20(25)22-17-8-6-7-14(4)21-17/h6-13,18H,5H2,1-4H3,(H,23,24)(H,21,22,25)/t18-/m0/s1. The molecule has 2 rings (SSSR count). The highest BCUT2D eigenvalue weighted by molar-refractivity contribution is 6.01. The van der Waals surface area contributed by atoms with Gasteiger partial charge in [-0.3, -0.25) is 9.59 Å². The van der Waals surface area contributed by atoms with Gasteiger partial charge in [-0.15, -0.1) is 0 Å². The largest absolute Gasteiger partial charge is 0.494 e. The second-order valence-electron chi connectivity index (χ2n) is 6.31. The second kappa shape index (κ2) is 8.99. The van der Waals surface area contributed by atoms with E-state index in [9.17, 15) is 9.59 Å². The number of carbonyl (C=O) groups is 2. The molecule has 0 saturated carbocycles. The Bertz CT molecular complexity index is 757. The van der Waals surface area contributed by atoms with Crippen molar-refractivity contribution in [2.45, 2.75) is 33.7 Å². The summed E-state index contributed by atoms with van der Waals surface area (Å²) in [6.07, 6.45) is 0. The van der Waals surface area contributed by atoms with Crippen molar-refractivity contribution >= 4 is 17.6 Å². The van der Waals surface area contributed by atoms with Gasteiger partial charge in [-0.2, -0.15) is 0 Å². The van der Waals surface area contributed by atoms with E-state index in [1.165, 1.54) is 0 Å². The number of hydrogen-bond donors (Lipinski definition) is 2. The molecule has 0 spiro atoms. The summed E-state index contributed by atoms with van der Waals surface area (Å²) >= 11 is 0. The van der Waals surface area contributed by atoms with Crippen molar-refractivity contribution in [3.05, 3.63) is 53.7 Å². The molecule has 1 aromatic carbocycles. The molecule has 0 unspecified atom stereocenters. The highest BCUT2D eigenvalue weighted by Gasteiger charge is 2.25. The van der Waals surface area contributed by atoms with E-state index in [0.717, 1.165) is 5.69 Å². The Kier molecular flexibility index (Phi) is 6.72. The predicted octanol–water partition coefficient (Wildman–Crippen LogP) is 3.18. The first-order valence-corrected chi connectivity index (χ1v) is 8.69. The minimum atomic E-state index is -0.670. The summed E-state index contributed by atoms with van der Waals surface area (Å²) < 4.78 is 5.37. The van der Waals surface area contributed by atoms with Crippen molar-refractivity contribution in [1.82, 2.24) is 10.3 Å². The number of anilines is 1. The van der Waals surface area contributed by atoms with Crippen LogP contribution in [0, 0.1) is 12.8 Å². The molecule has 1 heterocycles. The lowest BCUT2D eigenvalue weighted by Gasteiger charge is -2.21. The maximum Gasteiger partial charge on any atom is 0.251 e. The molecule has 2 N–H and O–H groups in total. The number of nitrogens with zero attached hydrogens (tertiary/aromatic N) is 1. The Morgan fingerprint density at radius 1 is 1.12 bits per heavy atom. The topological polar surface area (TPSA) is 80.3 Å². The van der Waals surface area contributed by atoms with Crippen LogP contribution in [0.25, 0.3) is 0 Å². The van der Waals surface area contributed by atoms with Crippen molar-refractivity contribution in [1.29, 1.82) is 0 Å². The fourth-order valence-corrected chi connectivity index (χ4v) is 2.45. The lowest BCUT2D eigenvalue weighted by molar-refractivity contribution is -0.118. The van der Waals surface area contributed by atoms with E-state index in [2.05, 4.69) is 15.6 Å². The normalized spacial score (nSPS) is 11.7. The van der Waals surface area contributed by atoms with Gasteiger partial charge in [-0.05, 0) is 56.2 Å². The first kappa shape index (κ1) is 19.4. The molecule has 0 aliphatic carbocycles. The van der Waals surface area contributed by atoms with Gasteiger partial charge in [0.1, 0.15) is 17.6 Å². The molecule has 0 aliphatic rings. The monoisotopic (exact) mass is 355 g/mol. The van der Waals surface area contributed by atoms with E-state index in [4.69, 9.17) is 4.74 Å². The fourth-order valence-electron chi connectivity index (χ4n) is 2.45. The predicted molar refractivity (Wildman–Crippen MR) is 101 cm³/mol. The van der Waals surface area contributed by atoms with Crippen molar-refractivity contribution in [2.24, 2.45) is 5.92 Å². The summed E-state index contributed by atoms with van der Waals surface area (Å²) in [7, 11) is 0. The molecule has 1 atom stereocenters. The van der Waals surface area contributed by atoms with Crippen LogP contribution in [0.2, 0.25) is 0 Å². The summed E-state index contributed by atoms with van der Waals surface area (Å²) in [6.45, 7) is 8.08. The molecule has 26 heavy (non-hydrogen) atoms. The van der Waals surface area contributed by atoms with Gasteiger partial charge in [0.05, 0.1) is 6.61 Å². The summed E-state index contributed by atoms with van der Waals surface area (Å²) in [4.78, 5) is 29.3. The molecule has 138 valence electrons. The number of aromatic nitrogens is 1. The van der Waals surface area contributed by atoms with E-state index < -0.39 is 6.04 Å². The number of nitrogens with one attached hydrogen (secondary N) is 2. The first-order valence-electron chi connectivity index (χ1n) is 8.69. The average molecular weight is 355 g/mol.